The molecule has 0 spiro atoms. The minimum Gasteiger partial charge on any atom is -0.339 e. The molecule has 0 radical (unpaired) electrons. The summed E-state index contributed by atoms with van der Waals surface area (Å²) in [7, 11) is -1.50. The second-order valence-electron chi connectivity index (χ2n) is 8.44. The topological polar surface area (TPSA) is 78.5 Å². The Bertz CT molecular complexity index is 733. The Morgan fingerprint density at radius 3 is 2.48 bits per heavy atom. The molecule has 1 aromatic rings. The van der Waals surface area contributed by atoms with Crippen molar-refractivity contribution in [3.8, 4) is 0 Å². The number of hydrogen-bond acceptors (Lipinski definition) is 4. The van der Waals surface area contributed by atoms with Crippen LogP contribution >= 0.6 is 0 Å². The summed E-state index contributed by atoms with van der Waals surface area (Å²) in [5.41, 5.74) is 0.665. The van der Waals surface area contributed by atoms with Gasteiger partial charge in [0.25, 0.3) is 5.91 Å². The van der Waals surface area contributed by atoms with E-state index in [-0.39, 0.29) is 11.7 Å². The summed E-state index contributed by atoms with van der Waals surface area (Å²) in [6.07, 6.45) is 3.20. The van der Waals surface area contributed by atoms with Crippen molar-refractivity contribution in [3.63, 3.8) is 0 Å². The van der Waals surface area contributed by atoms with Crippen molar-refractivity contribution in [2.45, 2.75) is 51.3 Å². The number of rotatable bonds is 7. The van der Waals surface area contributed by atoms with Crippen LogP contribution in [-0.4, -0.2) is 51.4 Å². The Morgan fingerprint density at radius 2 is 1.89 bits per heavy atom. The summed E-state index contributed by atoms with van der Waals surface area (Å²) in [4.78, 5) is 14.7. The third-order valence-electron chi connectivity index (χ3n) is 4.70. The van der Waals surface area contributed by atoms with E-state index in [4.69, 9.17) is 0 Å². The Balaban J connectivity index is 2.00. The first-order chi connectivity index (χ1) is 12.6. The first kappa shape index (κ1) is 21.9. The van der Waals surface area contributed by atoms with Crippen molar-refractivity contribution in [2.24, 2.45) is 5.92 Å². The molecule has 1 fully saturated rings. The van der Waals surface area contributed by atoms with Crippen LogP contribution in [0.25, 0.3) is 0 Å². The van der Waals surface area contributed by atoms with Gasteiger partial charge in [0.05, 0.1) is 5.75 Å². The van der Waals surface area contributed by atoms with Crippen molar-refractivity contribution in [1.29, 1.82) is 0 Å². The molecule has 1 aromatic carbocycles. The van der Waals surface area contributed by atoms with E-state index in [0.717, 1.165) is 38.9 Å². The lowest BCUT2D eigenvalue weighted by atomic mass is 9.93. The number of likely N-dealkylation sites (tertiary alicyclic amines) is 1. The molecule has 0 aliphatic carbocycles. The van der Waals surface area contributed by atoms with Gasteiger partial charge < -0.3 is 10.2 Å². The van der Waals surface area contributed by atoms with Gasteiger partial charge in [0.15, 0.2) is 0 Å². The zero-order valence-corrected chi connectivity index (χ0v) is 17.7. The number of nitrogens with one attached hydrogen (secondary N) is 2. The van der Waals surface area contributed by atoms with Crippen LogP contribution in [0.3, 0.4) is 0 Å². The van der Waals surface area contributed by atoms with Crippen LogP contribution in [0.4, 0.5) is 0 Å². The monoisotopic (exact) mass is 395 g/mol. The first-order valence-corrected chi connectivity index (χ1v) is 11.3. The van der Waals surface area contributed by atoms with Gasteiger partial charge in [-0.15, -0.1) is 0 Å². The Kier molecular flexibility index (Phi) is 7.42. The lowest BCUT2D eigenvalue weighted by Crippen LogP contribution is -2.41. The van der Waals surface area contributed by atoms with E-state index >= 15 is 0 Å². The van der Waals surface area contributed by atoms with Crippen LogP contribution in [0.5, 0.6) is 0 Å². The number of piperidine rings is 1. The van der Waals surface area contributed by atoms with Crippen molar-refractivity contribution >= 4 is 15.9 Å². The molecule has 152 valence electrons. The molecular formula is C20H33N3O3S. The first-order valence-electron chi connectivity index (χ1n) is 9.64. The van der Waals surface area contributed by atoms with E-state index in [2.05, 4.69) is 10.0 Å². The predicted octanol–water partition coefficient (Wildman–Crippen LogP) is 2.37. The van der Waals surface area contributed by atoms with Crippen LogP contribution < -0.4 is 10.0 Å². The fraction of sp³-hybridized carbons (Fsp3) is 0.650. The number of benzene rings is 1. The molecule has 1 amide bonds. The van der Waals surface area contributed by atoms with E-state index in [1.165, 1.54) is 0 Å². The maximum absolute atomic E-state index is 12.8. The maximum Gasteiger partial charge on any atom is 0.253 e. The van der Waals surface area contributed by atoms with Crippen molar-refractivity contribution < 1.29 is 13.2 Å². The lowest BCUT2D eigenvalue weighted by Gasteiger charge is -2.32. The Labute approximate surface area is 163 Å². The highest BCUT2D eigenvalue weighted by molar-refractivity contribution is 7.88. The molecule has 0 unspecified atom stereocenters. The zero-order valence-electron chi connectivity index (χ0n) is 16.9. The summed E-state index contributed by atoms with van der Waals surface area (Å²) in [6.45, 7) is 7.97. The minimum absolute atomic E-state index is 0.00917. The van der Waals surface area contributed by atoms with Crippen LogP contribution in [0.2, 0.25) is 0 Å². The van der Waals surface area contributed by atoms with Crippen LogP contribution in [-0.2, 0) is 15.8 Å². The summed E-state index contributed by atoms with van der Waals surface area (Å²) in [6, 6.07) is 6.98. The van der Waals surface area contributed by atoms with Crippen molar-refractivity contribution in [3.05, 3.63) is 35.4 Å². The third kappa shape index (κ3) is 7.24. The van der Waals surface area contributed by atoms with E-state index in [1.807, 2.05) is 32.7 Å². The van der Waals surface area contributed by atoms with Gasteiger partial charge in [0.1, 0.15) is 0 Å². The molecule has 2 rings (SSSR count). The second-order valence-corrected chi connectivity index (χ2v) is 10.2. The molecule has 0 aromatic heterocycles. The molecule has 0 atom stereocenters. The number of sulfonamides is 1. The quantitative estimate of drug-likeness (QED) is 0.743. The molecule has 1 aliphatic rings. The summed E-state index contributed by atoms with van der Waals surface area (Å²) >= 11 is 0. The smallest absolute Gasteiger partial charge is 0.253 e. The SMILES string of the molecule is CNCCC1CCN(C(=O)c2cccc(CS(=O)(=O)NC(C)(C)C)c2)CC1. The highest BCUT2D eigenvalue weighted by Crippen LogP contribution is 2.22. The fourth-order valence-electron chi connectivity index (χ4n) is 3.47. The maximum atomic E-state index is 12.8. The van der Waals surface area contributed by atoms with E-state index in [1.54, 1.807) is 24.3 Å². The van der Waals surface area contributed by atoms with Gasteiger partial charge in [-0.25, -0.2) is 13.1 Å². The van der Waals surface area contributed by atoms with Gasteiger partial charge in [-0.2, -0.15) is 0 Å². The van der Waals surface area contributed by atoms with Crippen molar-refractivity contribution in [1.82, 2.24) is 14.9 Å². The lowest BCUT2D eigenvalue weighted by molar-refractivity contribution is 0.0687. The number of amides is 1. The van der Waals surface area contributed by atoms with Gasteiger partial charge in [-0.3, -0.25) is 4.79 Å². The molecule has 0 saturated carbocycles. The van der Waals surface area contributed by atoms with Crippen LogP contribution in [0, 0.1) is 5.92 Å². The average molecular weight is 396 g/mol. The molecule has 1 heterocycles. The van der Waals surface area contributed by atoms with Gasteiger partial charge in [-0.05, 0) is 77.2 Å². The standard InChI is InChI=1S/C20H33N3O3S/c1-20(2,3)22-27(25,26)15-17-6-5-7-18(14-17)19(24)23-12-9-16(10-13-23)8-11-21-4/h5-7,14,16,21-22H,8-13,15H2,1-4H3. The molecular weight excluding hydrogens is 362 g/mol. The third-order valence-corrected chi connectivity index (χ3v) is 6.33. The molecule has 2 N–H and O–H groups in total. The van der Waals surface area contributed by atoms with E-state index in [0.29, 0.717) is 17.0 Å². The number of nitrogens with zero attached hydrogens (tertiary/aromatic N) is 1. The summed E-state index contributed by atoms with van der Waals surface area (Å²) in [5, 5.41) is 3.18. The molecule has 0 bridgehead atoms. The summed E-state index contributed by atoms with van der Waals surface area (Å²) < 4.78 is 27.3. The molecule has 1 aliphatic heterocycles. The fourth-order valence-corrected chi connectivity index (χ4v) is 5.10. The molecule has 7 heteroatoms. The van der Waals surface area contributed by atoms with Gasteiger partial charge in [0, 0.05) is 24.2 Å². The molecule has 27 heavy (non-hydrogen) atoms. The Morgan fingerprint density at radius 1 is 1.22 bits per heavy atom. The number of carbonyl (C=O) groups is 1. The highest BCUT2D eigenvalue weighted by Gasteiger charge is 2.24. The zero-order chi connectivity index (χ0) is 20.1. The second kappa shape index (κ2) is 9.17. The van der Waals surface area contributed by atoms with Crippen molar-refractivity contribution in [2.75, 3.05) is 26.7 Å². The van der Waals surface area contributed by atoms with Gasteiger partial charge in [-0.1, -0.05) is 12.1 Å². The number of carbonyl (C=O) groups excluding carboxylic acids is 1. The van der Waals surface area contributed by atoms with Crippen LogP contribution in [0.1, 0.15) is 56.0 Å². The number of hydrogen-bond donors (Lipinski definition) is 2. The normalized spacial score (nSPS) is 16.5. The minimum atomic E-state index is -3.46. The molecule has 6 nitrogen and oxygen atoms in total. The van der Waals surface area contributed by atoms with Crippen LogP contribution in [0.15, 0.2) is 24.3 Å². The highest BCUT2D eigenvalue weighted by atomic mass is 32.2. The van der Waals surface area contributed by atoms with Gasteiger partial charge >= 0.3 is 0 Å². The average Bonchev–Trinajstić information content (AvgIpc) is 2.57. The Hall–Kier alpha value is -1.44. The van der Waals surface area contributed by atoms with Gasteiger partial charge in [0.2, 0.25) is 10.0 Å². The largest absolute Gasteiger partial charge is 0.339 e. The molecule has 1 saturated heterocycles. The van der Waals surface area contributed by atoms with E-state index < -0.39 is 15.6 Å². The predicted molar refractivity (Wildman–Crippen MR) is 109 cm³/mol. The van der Waals surface area contributed by atoms with E-state index in [9.17, 15) is 13.2 Å². The summed E-state index contributed by atoms with van der Waals surface area (Å²) in [5.74, 6) is 0.531.